The fraction of sp³-hybridized carbons (Fsp3) is 0.450. The fourth-order valence-electron chi connectivity index (χ4n) is 6.90. The first kappa shape index (κ1) is 40.2. The number of anilines is 1. The van der Waals surface area contributed by atoms with E-state index in [-0.39, 0.29) is 34.7 Å². The Morgan fingerprint density at radius 2 is 1.57 bits per heavy atom. The highest BCUT2D eigenvalue weighted by atomic mass is 32.2. The number of rotatable bonds is 13. The summed E-state index contributed by atoms with van der Waals surface area (Å²) in [6, 6.07) is 16.9. The highest BCUT2D eigenvalue weighted by Crippen LogP contribution is 2.30. The van der Waals surface area contributed by atoms with Crippen molar-refractivity contribution in [2.24, 2.45) is 11.8 Å². The molecular weight excluding hydrogens is 709 g/mol. The molecule has 0 aliphatic heterocycles. The van der Waals surface area contributed by atoms with Crippen LogP contribution in [0.3, 0.4) is 0 Å². The molecule has 5 rings (SSSR count). The van der Waals surface area contributed by atoms with Crippen molar-refractivity contribution in [3.8, 4) is 11.1 Å². The molecule has 3 amide bonds. The first-order valence-corrected chi connectivity index (χ1v) is 20.0. The Morgan fingerprint density at radius 3 is 2.20 bits per heavy atom. The molecule has 3 aromatic carbocycles. The van der Waals surface area contributed by atoms with Crippen LogP contribution in [-0.4, -0.2) is 71.9 Å². The lowest BCUT2D eigenvalue weighted by molar-refractivity contribution is -0.130. The monoisotopic (exact) mass is 760 g/mol. The smallest absolute Gasteiger partial charge is 0.407 e. The van der Waals surface area contributed by atoms with E-state index in [0.29, 0.717) is 49.2 Å². The summed E-state index contributed by atoms with van der Waals surface area (Å²) in [5, 5.41) is 8.76. The number of carbonyl (C=O) groups is 3. The van der Waals surface area contributed by atoms with Crippen molar-refractivity contribution in [1.82, 2.24) is 24.9 Å². The largest absolute Gasteiger partial charge is 0.444 e. The van der Waals surface area contributed by atoms with E-state index in [9.17, 15) is 27.6 Å². The van der Waals surface area contributed by atoms with Crippen molar-refractivity contribution >= 4 is 44.7 Å². The topological polar surface area (TPSA) is 183 Å². The maximum Gasteiger partial charge on any atom is 0.407 e. The predicted octanol–water partition coefficient (Wildman–Crippen LogP) is 5.86. The molecule has 1 aliphatic carbocycles. The summed E-state index contributed by atoms with van der Waals surface area (Å²) in [5.41, 5.74) is 4.10. The van der Waals surface area contributed by atoms with Crippen LogP contribution in [0.4, 0.5) is 10.5 Å². The second-order valence-electron chi connectivity index (χ2n) is 15.0. The Labute approximate surface area is 316 Å². The average Bonchev–Trinajstić information content (AvgIpc) is 3.50. The van der Waals surface area contributed by atoms with Gasteiger partial charge in [-0.15, -0.1) is 0 Å². The van der Waals surface area contributed by atoms with Gasteiger partial charge in [0.2, 0.25) is 21.8 Å². The van der Waals surface area contributed by atoms with Gasteiger partial charge in [-0.05, 0) is 112 Å². The first-order valence-electron chi connectivity index (χ1n) is 18.6. The Morgan fingerprint density at radius 1 is 0.907 bits per heavy atom. The van der Waals surface area contributed by atoms with Gasteiger partial charge in [0.15, 0.2) is 0 Å². The molecule has 0 saturated heterocycles. The second-order valence-corrected chi connectivity index (χ2v) is 16.9. The minimum Gasteiger partial charge on any atom is -0.444 e. The number of fused-ring (bicyclic) bond motifs is 1. The molecule has 0 unspecified atom stereocenters. The summed E-state index contributed by atoms with van der Waals surface area (Å²) < 4.78 is 32.9. The number of nitrogens with zero attached hydrogens (tertiary/aromatic N) is 1. The minimum absolute atomic E-state index is 0.203. The van der Waals surface area contributed by atoms with Gasteiger partial charge >= 0.3 is 11.8 Å². The zero-order valence-corrected chi connectivity index (χ0v) is 32.7. The molecule has 1 aliphatic rings. The normalized spacial score (nSPS) is 16.9. The quantitative estimate of drug-likeness (QED) is 0.113. The first-order chi connectivity index (χ1) is 25.6. The van der Waals surface area contributed by atoms with Crippen molar-refractivity contribution in [2.75, 3.05) is 25.0 Å². The lowest BCUT2D eigenvalue weighted by Gasteiger charge is -2.29. The van der Waals surface area contributed by atoms with Crippen molar-refractivity contribution in [2.45, 2.75) is 90.2 Å². The summed E-state index contributed by atoms with van der Waals surface area (Å²) in [4.78, 5) is 57.0. The van der Waals surface area contributed by atoms with Crippen LogP contribution in [-0.2, 0) is 30.8 Å². The van der Waals surface area contributed by atoms with Crippen LogP contribution in [0, 0.1) is 18.8 Å². The number of imidazole rings is 1. The Bertz CT molecular complexity index is 2120. The van der Waals surface area contributed by atoms with Gasteiger partial charge in [0.25, 0.3) is 0 Å². The Balaban J connectivity index is 1.28. The Hall–Kier alpha value is -4.95. The molecule has 0 radical (unpaired) electrons. The van der Waals surface area contributed by atoms with Crippen LogP contribution in [0.2, 0.25) is 0 Å². The van der Waals surface area contributed by atoms with Crippen LogP contribution in [0.1, 0.15) is 71.4 Å². The number of alkyl carbamates (subject to hydrolysis) is 1. The molecule has 290 valence electrons. The number of aryl methyl sites for hydroxylation is 1. The number of aromatic nitrogens is 2. The lowest BCUT2D eigenvalue weighted by atomic mass is 9.81. The zero-order chi connectivity index (χ0) is 39.2. The maximum absolute atomic E-state index is 13.8. The third kappa shape index (κ3) is 10.2. The number of aromatic amines is 2. The van der Waals surface area contributed by atoms with Crippen molar-refractivity contribution in [3.05, 3.63) is 82.3 Å². The number of hydrogen-bond donors (Lipinski definition) is 5. The summed E-state index contributed by atoms with van der Waals surface area (Å²) in [6.45, 7) is 12.2. The van der Waals surface area contributed by atoms with Gasteiger partial charge < -0.3 is 30.7 Å². The highest BCUT2D eigenvalue weighted by molar-refractivity contribution is 7.89. The van der Waals surface area contributed by atoms with Crippen LogP contribution in [0.25, 0.3) is 22.2 Å². The molecule has 1 heterocycles. The molecule has 4 aromatic rings. The van der Waals surface area contributed by atoms with E-state index >= 15 is 0 Å². The molecule has 0 bridgehead atoms. The summed E-state index contributed by atoms with van der Waals surface area (Å²) >= 11 is 0. The molecule has 13 nitrogen and oxygen atoms in total. The van der Waals surface area contributed by atoms with Crippen LogP contribution >= 0.6 is 0 Å². The molecule has 5 N–H and O–H groups in total. The van der Waals surface area contributed by atoms with E-state index in [1.165, 1.54) is 4.31 Å². The zero-order valence-electron chi connectivity index (χ0n) is 31.9. The van der Waals surface area contributed by atoms with Crippen molar-refractivity contribution < 1.29 is 27.5 Å². The SMILES string of the molecule is CCN(CC)S(=O)(=O)c1ccc(-c2ccc(C[C@H](NC(=O)[C@H]3CC[C@H](CNC(=O)OC(C)(C)C)CC3)C(=O)Nc3ccc4[nH]c(=O)[nH]c4c3)cc2)c(C)c1. The summed E-state index contributed by atoms with van der Waals surface area (Å²) in [6.07, 6.45) is 2.52. The molecule has 54 heavy (non-hydrogen) atoms. The van der Waals surface area contributed by atoms with Gasteiger partial charge in [-0.2, -0.15) is 4.31 Å². The maximum atomic E-state index is 13.8. The van der Waals surface area contributed by atoms with Crippen molar-refractivity contribution in [3.63, 3.8) is 0 Å². The molecule has 0 spiro atoms. The van der Waals surface area contributed by atoms with Gasteiger partial charge in [-0.25, -0.2) is 18.0 Å². The number of H-pyrrole nitrogens is 2. The second kappa shape index (κ2) is 17.0. The van der Waals surface area contributed by atoms with E-state index in [0.717, 1.165) is 35.1 Å². The van der Waals surface area contributed by atoms with E-state index in [1.807, 2.05) is 71.9 Å². The van der Waals surface area contributed by atoms with E-state index < -0.39 is 33.7 Å². The minimum atomic E-state index is -3.59. The van der Waals surface area contributed by atoms with E-state index in [1.54, 1.807) is 30.3 Å². The summed E-state index contributed by atoms with van der Waals surface area (Å²) in [7, 11) is -3.59. The van der Waals surface area contributed by atoms with Gasteiger partial charge in [0.05, 0.1) is 15.9 Å². The number of nitrogens with one attached hydrogen (secondary N) is 5. The fourth-order valence-corrected chi connectivity index (χ4v) is 8.44. The number of sulfonamides is 1. The molecule has 1 aromatic heterocycles. The molecular formula is C40H52N6O7S. The van der Waals surface area contributed by atoms with Gasteiger partial charge in [-0.1, -0.05) is 44.2 Å². The summed E-state index contributed by atoms with van der Waals surface area (Å²) in [5.74, 6) is -0.661. The number of amides is 3. The number of benzene rings is 3. The van der Waals surface area contributed by atoms with E-state index in [4.69, 9.17) is 4.74 Å². The number of carbonyl (C=O) groups excluding carboxylic acids is 3. The van der Waals surface area contributed by atoms with E-state index in [2.05, 4.69) is 25.9 Å². The average molecular weight is 761 g/mol. The van der Waals surface area contributed by atoms with Gasteiger partial charge in [0, 0.05) is 37.7 Å². The van der Waals surface area contributed by atoms with Crippen molar-refractivity contribution in [1.29, 1.82) is 0 Å². The number of ether oxygens (including phenoxy) is 1. The Kier molecular flexibility index (Phi) is 12.7. The number of hydrogen-bond acceptors (Lipinski definition) is 7. The lowest BCUT2D eigenvalue weighted by Crippen LogP contribution is -2.48. The molecule has 14 heteroatoms. The third-order valence-electron chi connectivity index (χ3n) is 9.81. The molecule has 1 fully saturated rings. The van der Waals surface area contributed by atoms with Crippen LogP contribution in [0.5, 0.6) is 0 Å². The third-order valence-corrected chi connectivity index (χ3v) is 11.9. The molecule has 1 saturated carbocycles. The van der Waals surface area contributed by atoms with Crippen LogP contribution in [0.15, 0.2) is 70.4 Å². The van der Waals surface area contributed by atoms with Gasteiger partial charge in [-0.3, -0.25) is 9.59 Å². The highest BCUT2D eigenvalue weighted by Gasteiger charge is 2.30. The predicted molar refractivity (Wildman–Crippen MR) is 210 cm³/mol. The standard InChI is InChI=1S/C40H52N6O7S/c1-7-46(8-2)54(51,52)31-18-19-32(25(3)21-31)28-13-9-26(10-14-28)22-35(37(48)42-30-17-20-33-34(23-30)45-38(49)44-33)43-36(47)29-15-11-27(12-16-29)24-41-39(50)53-40(4,5)6/h9-10,13-14,17-21,23,27,29,35H,7-8,11-12,15-16,22,24H2,1-6H3,(H,41,50)(H,42,48)(H,43,47)(H2,44,45,49)/t27-,29-,35-/m0/s1. The van der Waals surface area contributed by atoms with Gasteiger partial charge in [0.1, 0.15) is 11.6 Å². The van der Waals surface area contributed by atoms with Crippen LogP contribution < -0.4 is 21.6 Å². The molecule has 1 atom stereocenters.